The Morgan fingerprint density at radius 2 is 2.00 bits per heavy atom. The number of carbonyl (C=O) groups is 1. The number of nitrogens with one attached hydrogen (secondary N) is 2. The molecule has 0 saturated heterocycles. The van der Waals surface area contributed by atoms with Gasteiger partial charge in [-0.15, -0.1) is 0 Å². The first-order chi connectivity index (χ1) is 10.2. The van der Waals surface area contributed by atoms with E-state index in [4.69, 9.17) is 16.3 Å². The lowest BCUT2D eigenvalue weighted by atomic mass is 10.2. The van der Waals surface area contributed by atoms with Crippen molar-refractivity contribution in [2.24, 2.45) is 0 Å². The van der Waals surface area contributed by atoms with Crippen molar-refractivity contribution in [3.05, 3.63) is 59.4 Å². The highest BCUT2D eigenvalue weighted by Gasteiger charge is 1.99. The van der Waals surface area contributed by atoms with Crippen LogP contribution >= 0.6 is 11.6 Å². The number of anilines is 1. The van der Waals surface area contributed by atoms with E-state index >= 15 is 0 Å². The Hall–Kier alpha value is -2.53. The largest absolute Gasteiger partial charge is 0.497 e. The third kappa shape index (κ3) is 4.81. The first-order valence-corrected chi connectivity index (χ1v) is 6.55. The molecule has 2 aromatic rings. The zero-order valence-corrected chi connectivity index (χ0v) is 12.1. The molecule has 1 aromatic heterocycles. The normalized spacial score (nSPS) is 10.4. The first-order valence-electron chi connectivity index (χ1n) is 6.17. The molecule has 0 aliphatic rings. The number of ether oxygens (including phenoxy) is 1. The smallest absolute Gasteiger partial charge is 0.324 e. The fourth-order valence-electron chi connectivity index (χ4n) is 1.53. The molecule has 0 fully saturated rings. The van der Waals surface area contributed by atoms with E-state index in [9.17, 15) is 4.79 Å². The molecule has 1 heterocycles. The number of amides is 2. The molecule has 0 atom stereocenters. The molecule has 2 amide bonds. The zero-order valence-electron chi connectivity index (χ0n) is 11.3. The Bertz CT molecular complexity index is 624. The van der Waals surface area contributed by atoms with Crippen LogP contribution < -0.4 is 15.4 Å². The van der Waals surface area contributed by atoms with Crippen molar-refractivity contribution in [3.8, 4) is 5.75 Å². The van der Waals surface area contributed by atoms with Gasteiger partial charge >= 0.3 is 6.03 Å². The Balaban J connectivity index is 1.85. The predicted octanol–water partition coefficient (Wildman–Crippen LogP) is 3.54. The number of benzene rings is 1. The van der Waals surface area contributed by atoms with Gasteiger partial charge in [-0.05, 0) is 35.9 Å². The van der Waals surface area contributed by atoms with Crippen LogP contribution in [0.5, 0.6) is 5.75 Å². The molecular formula is C15H14ClN3O2. The van der Waals surface area contributed by atoms with E-state index < -0.39 is 0 Å². The first kappa shape index (κ1) is 14.9. The third-order valence-electron chi connectivity index (χ3n) is 2.58. The van der Waals surface area contributed by atoms with Crippen LogP contribution in [0.3, 0.4) is 0 Å². The fraction of sp³-hybridized carbons (Fsp3) is 0.0667. The van der Waals surface area contributed by atoms with Gasteiger partial charge in [0.15, 0.2) is 0 Å². The molecular weight excluding hydrogens is 290 g/mol. The number of methoxy groups -OCH3 is 1. The maximum Gasteiger partial charge on any atom is 0.324 e. The van der Waals surface area contributed by atoms with Crippen LogP contribution in [0, 0.1) is 0 Å². The van der Waals surface area contributed by atoms with E-state index in [2.05, 4.69) is 15.6 Å². The number of nitrogens with zero attached hydrogens (tertiary/aromatic N) is 1. The minimum Gasteiger partial charge on any atom is -0.497 e. The van der Waals surface area contributed by atoms with Gasteiger partial charge in [0.1, 0.15) is 11.6 Å². The van der Waals surface area contributed by atoms with E-state index in [1.54, 1.807) is 31.5 Å². The Morgan fingerprint density at radius 3 is 2.62 bits per heavy atom. The van der Waals surface area contributed by atoms with Crippen LogP contribution in [0.15, 0.2) is 48.8 Å². The number of carbonyl (C=O) groups excluding carboxylic acids is 1. The SMILES string of the molecule is COc1ccc(/C=C/NC(=O)Nc2ccc(Cl)cn2)cc1. The fourth-order valence-corrected chi connectivity index (χ4v) is 1.64. The molecule has 0 aliphatic carbocycles. The molecule has 0 aliphatic heterocycles. The minimum atomic E-state index is -0.380. The summed E-state index contributed by atoms with van der Waals surface area (Å²) >= 11 is 5.71. The van der Waals surface area contributed by atoms with E-state index in [0.717, 1.165) is 11.3 Å². The number of hydrogen-bond acceptors (Lipinski definition) is 3. The second-order valence-corrected chi connectivity index (χ2v) is 4.50. The van der Waals surface area contributed by atoms with Gasteiger partial charge in [-0.2, -0.15) is 0 Å². The van der Waals surface area contributed by atoms with E-state index in [1.807, 2.05) is 24.3 Å². The number of aromatic nitrogens is 1. The van der Waals surface area contributed by atoms with Gasteiger partial charge in [-0.25, -0.2) is 9.78 Å². The summed E-state index contributed by atoms with van der Waals surface area (Å²) in [7, 11) is 1.61. The summed E-state index contributed by atoms with van der Waals surface area (Å²) in [5.74, 6) is 1.21. The maximum absolute atomic E-state index is 11.6. The van der Waals surface area contributed by atoms with Gasteiger partial charge in [0.2, 0.25) is 0 Å². The molecule has 0 unspecified atom stereocenters. The Morgan fingerprint density at radius 1 is 1.24 bits per heavy atom. The third-order valence-corrected chi connectivity index (χ3v) is 2.80. The van der Waals surface area contributed by atoms with Gasteiger partial charge in [-0.1, -0.05) is 23.7 Å². The van der Waals surface area contributed by atoms with Crippen molar-refractivity contribution in [3.63, 3.8) is 0 Å². The number of pyridine rings is 1. The highest BCUT2D eigenvalue weighted by atomic mass is 35.5. The van der Waals surface area contributed by atoms with Crippen molar-refractivity contribution in [2.45, 2.75) is 0 Å². The number of urea groups is 1. The quantitative estimate of drug-likeness (QED) is 0.908. The lowest BCUT2D eigenvalue weighted by molar-refractivity contribution is 0.255. The van der Waals surface area contributed by atoms with Gasteiger partial charge < -0.3 is 10.1 Å². The summed E-state index contributed by atoms with van der Waals surface area (Å²) in [6, 6.07) is 10.3. The molecule has 0 saturated carbocycles. The minimum absolute atomic E-state index is 0.380. The molecule has 0 spiro atoms. The summed E-state index contributed by atoms with van der Waals surface area (Å²) in [4.78, 5) is 15.6. The zero-order chi connectivity index (χ0) is 15.1. The lowest BCUT2D eigenvalue weighted by Gasteiger charge is -2.03. The van der Waals surface area contributed by atoms with Gasteiger partial charge in [0.05, 0.1) is 12.1 Å². The van der Waals surface area contributed by atoms with Crippen LogP contribution in [-0.4, -0.2) is 18.1 Å². The van der Waals surface area contributed by atoms with Gasteiger partial charge in [0.25, 0.3) is 0 Å². The number of rotatable bonds is 4. The highest BCUT2D eigenvalue weighted by Crippen LogP contribution is 2.12. The summed E-state index contributed by atoms with van der Waals surface area (Å²) in [5, 5.41) is 5.68. The molecule has 1 aromatic carbocycles. The lowest BCUT2D eigenvalue weighted by Crippen LogP contribution is -2.24. The number of hydrogen-bond donors (Lipinski definition) is 2. The van der Waals surface area contributed by atoms with Crippen molar-refractivity contribution in [2.75, 3.05) is 12.4 Å². The maximum atomic E-state index is 11.6. The standard InChI is InChI=1S/C15H14ClN3O2/c1-21-13-5-2-11(3-6-13)8-9-17-15(20)19-14-7-4-12(16)10-18-14/h2-10H,1H3,(H2,17,18,19,20)/b9-8+. The highest BCUT2D eigenvalue weighted by molar-refractivity contribution is 6.30. The predicted molar refractivity (Wildman–Crippen MR) is 83.4 cm³/mol. The molecule has 2 N–H and O–H groups in total. The van der Waals surface area contributed by atoms with Crippen LogP contribution in [0.4, 0.5) is 10.6 Å². The van der Waals surface area contributed by atoms with Gasteiger partial charge in [0, 0.05) is 12.4 Å². The van der Waals surface area contributed by atoms with Crippen LogP contribution in [0.2, 0.25) is 5.02 Å². The van der Waals surface area contributed by atoms with Crippen LogP contribution in [0.1, 0.15) is 5.56 Å². The summed E-state index contributed by atoms with van der Waals surface area (Å²) in [6.07, 6.45) is 4.78. The summed E-state index contributed by atoms with van der Waals surface area (Å²) in [6.45, 7) is 0. The summed E-state index contributed by atoms with van der Waals surface area (Å²) < 4.78 is 5.07. The molecule has 0 radical (unpaired) electrons. The van der Waals surface area contributed by atoms with Crippen molar-refractivity contribution < 1.29 is 9.53 Å². The average Bonchev–Trinajstić information content (AvgIpc) is 2.50. The Kier molecular flexibility index (Phi) is 5.17. The van der Waals surface area contributed by atoms with Gasteiger partial charge in [-0.3, -0.25) is 5.32 Å². The van der Waals surface area contributed by atoms with E-state index in [1.165, 1.54) is 6.20 Å². The molecule has 21 heavy (non-hydrogen) atoms. The molecule has 108 valence electrons. The summed E-state index contributed by atoms with van der Waals surface area (Å²) in [5.41, 5.74) is 0.945. The van der Waals surface area contributed by atoms with Crippen molar-refractivity contribution in [1.29, 1.82) is 0 Å². The molecule has 0 bridgehead atoms. The second kappa shape index (κ2) is 7.31. The van der Waals surface area contributed by atoms with E-state index in [-0.39, 0.29) is 6.03 Å². The van der Waals surface area contributed by atoms with Crippen molar-refractivity contribution in [1.82, 2.24) is 10.3 Å². The molecule has 6 heteroatoms. The van der Waals surface area contributed by atoms with Crippen molar-refractivity contribution >= 4 is 29.5 Å². The second-order valence-electron chi connectivity index (χ2n) is 4.07. The monoisotopic (exact) mass is 303 g/mol. The molecule has 2 rings (SSSR count). The number of halogens is 1. The Labute approximate surface area is 127 Å². The molecule has 5 nitrogen and oxygen atoms in total. The average molecular weight is 304 g/mol. The van der Waals surface area contributed by atoms with Crippen LogP contribution in [-0.2, 0) is 0 Å². The van der Waals surface area contributed by atoms with E-state index in [0.29, 0.717) is 10.8 Å². The topological polar surface area (TPSA) is 63.2 Å². The van der Waals surface area contributed by atoms with Crippen LogP contribution in [0.25, 0.3) is 6.08 Å².